The molecule has 1 fully saturated rings. The lowest BCUT2D eigenvalue weighted by Gasteiger charge is -2.36. The first-order valence-corrected chi connectivity index (χ1v) is 52.1. The molecule has 141 heavy (non-hydrogen) atoms. The van der Waals surface area contributed by atoms with E-state index in [0.717, 1.165) is 100 Å². The number of imide groups is 1. The van der Waals surface area contributed by atoms with Gasteiger partial charge in [0.15, 0.2) is 31.5 Å². The number of nitrogens with one attached hydrogen (secondary N) is 7. The molecular weight excluding hydrogens is 2090 g/mol. The van der Waals surface area contributed by atoms with Crippen LogP contribution in [-0.2, 0) is 44.8 Å². The summed E-state index contributed by atoms with van der Waals surface area (Å²) in [6.07, 6.45) is 13.3. The highest BCUT2D eigenvalue weighted by Crippen LogP contribution is 2.37. The number of unbranched alkanes of at least 4 members (excludes halogenated alkanes) is 3. The number of aryl methyl sites for hydroxylation is 5. The summed E-state index contributed by atoms with van der Waals surface area (Å²) in [6, 6.07) is 31.8. The number of nitrogen functional groups attached to an aromatic ring is 2. The Morgan fingerprint density at radius 3 is 1.43 bits per heavy atom. The number of Topliss-reactive ketones (excluding diaryl/α,β-unsaturated/α-hetero) is 3. The van der Waals surface area contributed by atoms with Gasteiger partial charge in [-0.3, -0.25) is 43.2 Å². The molecule has 3 aliphatic heterocycles. The second-order valence-corrected chi connectivity index (χ2v) is 44.3. The van der Waals surface area contributed by atoms with Crippen molar-refractivity contribution in [2.24, 2.45) is 0 Å². The fourth-order valence-electron chi connectivity index (χ4n) is 12.7. The summed E-state index contributed by atoms with van der Waals surface area (Å²) in [5.41, 5.74) is 16.7. The van der Waals surface area contributed by atoms with Crippen LogP contribution in [0.3, 0.4) is 0 Å². The van der Waals surface area contributed by atoms with Crippen molar-refractivity contribution in [1.29, 1.82) is 0 Å². The van der Waals surface area contributed by atoms with Crippen molar-refractivity contribution in [2.45, 2.75) is 271 Å². The first kappa shape index (κ1) is 126. The van der Waals surface area contributed by atoms with Crippen LogP contribution >= 0.6 is 63.7 Å². The zero-order chi connectivity index (χ0) is 104. The van der Waals surface area contributed by atoms with Crippen molar-refractivity contribution < 1.29 is 67.5 Å². The number of carbonyl (C=O) groups excluding carboxylic acids is 6. The number of hydrogen-bond donors (Lipinski definition) is 12. The van der Waals surface area contributed by atoms with Crippen LogP contribution in [0.1, 0.15) is 272 Å². The van der Waals surface area contributed by atoms with Gasteiger partial charge < -0.3 is 90.8 Å². The number of benzene rings is 2. The molecule has 0 spiro atoms. The number of halogens is 4. The van der Waals surface area contributed by atoms with Crippen molar-refractivity contribution in [3.8, 4) is 0 Å². The van der Waals surface area contributed by atoms with Gasteiger partial charge >= 0.3 is 18.2 Å². The number of nitrogens with zero attached hydrogens (tertiary/aromatic N) is 7. The van der Waals surface area contributed by atoms with E-state index in [4.69, 9.17) is 45.4 Å². The lowest BCUT2D eigenvalue weighted by Crippen LogP contribution is -2.44. The molecular formula is C101H146Br4N16O19Si. The Bertz CT molecular complexity index is 5710. The van der Waals surface area contributed by atoms with Gasteiger partial charge in [0.2, 0.25) is 0 Å². The number of rotatable bonds is 26. The van der Waals surface area contributed by atoms with Gasteiger partial charge in [-0.15, -0.1) is 0 Å². The predicted molar refractivity (Wildman–Crippen MR) is 573 cm³/mol. The number of fused-ring (bicyclic) bond motifs is 2. The number of hydrogen-bond acceptors (Lipinski definition) is 27. The Morgan fingerprint density at radius 1 is 0.532 bits per heavy atom. The van der Waals surface area contributed by atoms with Crippen molar-refractivity contribution >= 4 is 142 Å². The number of aromatic carboxylic acids is 1. The summed E-state index contributed by atoms with van der Waals surface area (Å²) in [4.78, 5) is 165. The van der Waals surface area contributed by atoms with Gasteiger partial charge in [0.25, 0.3) is 33.7 Å². The van der Waals surface area contributed by atoms with E-state index >= 15 is 0 Å². The third-order valence-corrected chi connectivity index (χ3v) is 27.8. The minimum atomic E-state index is -1.71. The second-order valence-electron chi connectivity index (χ2n) is 36.1. The number of carboxylic acids is 1. The number of ketones is 3. The average Bonchev–Trinajstić information content (AvgIpc) is 1.86. The molecule has 0 radical (unpaired) electrons. The fourth-order valence-corrected chi connectivity index (χ4v) is 15.7. The minimum absolute atomic E-state index is 0. The lowest BCUT2D eigenvalue weighted by molar-refractivity contribution is 0.0426. The Balaban J connectivity index is 0.000000545. The zero-order valence-corrected chi connectivity index (χ0v) is 90.1. The van der Waals surface area contributed by atoms with E-state index in [0.29, 0.717) is 133 Å². The molecule has 3 aliphatic rings. The molecule has 7 aromatic heterocycles. The van der Waals surface area contributed by atoms with E-state index in [2.05, 4.69) is 203 Å². The third-order valence-electron chi connectivity index (χ3n) is 20.9. The molecule has 14 N–H and O–H groups in total. The van der Waals surface area contributed by atoms with Crippen LogP contribution in [0.25, 0.3) is 0 Å². The minimum Gasteiger partial charge on any atom is -0.477 e. The first-order chi connectivity index (χ1) is 65.5. The van der Waals surface area contributed by atoms with Crippen LogP contribution in [0.4, 0.5) is 38.5 Å². The predicted octanol–water partition coefficient (Wildman–Crippen LogP) is 19.0. The standard InChI is InChI=1S/C17H28BrNO3Si.C14H16N6O2.C14H22N4O4.C11H14BrNO3.C11H12BrNO2.C11H17N.C10H15NO.C7H6BrNO3.C4H8O.2CH4/c1-12-11-13(18)16(21)19-15(12)14(20)9-7-8-10-22-23(5,6)17(2,3)4;1-8-5-9(19-11-6-10(15)17-7-18-11)14(22)20-4-2-3-16-13(21)12(8)20;1-13(2,3)21-11(19)18(12(20)22-14(4,5)6)10-7-9(15)16-8-17-10;1-7-6-8(12)11(16)13-10(7)9(15)4-2-3-5-14;1-7-6-8(12)11(15)13-5-3-2-4-9(14)10(7)13;1-2-3-9-12-10-11-7-5-4-6-8-11;12-8-4-7-11-9-10-5-2-1-3-6-10;1-3-2-4(8)6(10)9-5(3)7(11)12;1-2-4-5-3-1;;/h11H,7-10H2,1-6H3,(H,19,21);5-7H,2-4H2,1H3,(H,16,21)(H3,15,17,18,19);7-8H,1-6H3,(H2,15,16,17);6,14H,2-5H2,1H3,(H,13,16);6H,2-5H2,1H3;4-8,12H,2-3,9-10H2,1H3;1-3,5-6,11-12H,4,7-9H2;2H,1H3,(H,9,10)(H,11,12);1-4H2;2*1H4. The Hall–Kier alpha value is -10.7. The molecule has 0 bridgehead atoms. The summed E-state index contributed by atoms with van der Waals surface area (Å²) < 4.78 is 26.3. The largest absolute Gasteiger partial charge is 0.477 e. The van der Waals surface area contributed by atoms with Crippen LogP contribution in [0.15, 0.2) is 158 Å². The highest BCUT2D eigenvalue weighted by Gasteiger charge is 2.37. The van der Waals surface area contributed by atoms with Crippen LogP contribution in [0.2, 0.25) is 18.1 Å². The number of carbonyl (C=O) groups is 7. The number of amides is 3. The number of aliphatic hydroxyl groups is 2. The van der Waals surface area contributed by atoms with Gasteiger partial charge in [-0.25, -0.2) is 34.3 Å². The lowest BCUT2D eigenvalue weighted by atomic mass is 10.1. The molecule has 3 amide bonds. The van der Waals surface area contributed by atoms with Gasteiger partial charge in [0.1, 0.15) is 58.4 Å². The van der Waals surface area contributed by atoms with Crippen molar-refractivity contribution in [2.75, 3.05) is 74.4 Å². The number of aromatic nitrogens is 9. The molecule has 0 aliphatic carbocycles. The molecule has 35 nitrogen and oxygen atoms in total. The molecule has 1 saturated heterocycles. The van der Waals surface area contributed by atoms with Gasteiger partial charge in [0, 0.05) is 97.2 Å². The van der Waals surface area contributed by atoms with Crippen LogP contribution in [-0.4, -0.2) is 173 Å². The van der Waals surface area contributed by atoms with E-state index in [1.807, 2.05) is 32.0 Å². The van der Waals surface area contributed by atoms with Gasteiger partial charge in [-0.2, -0.15) is 4.90 Å². The van der Waals surface area contributed by atoms with Crippen LogP contribution in [0.5, 0.6) is 0 Å². The molecule has 0 unspecified atom stereocenters. The smallest absolute Gasteiger partial charge is 0.425 e. The number of H-pyrrole nitrogens is 3. The molecule has 776 valence electrons. The molecule has 10 heterocycles. The normalized spacial score (nSPS) is 12.3. The number of nitrogens with two attached hydrogens (primary N) is 2. The number of anilines is 5. The summed E-state index contributed by atoms with van der Waals surface area (Å²) in [5, 5.41) is 38.3. The van der Waals surface area contributed by atoms with E-state index in [1.165, 1.54) is 65.9 Å². The van der Waals surface area contributed by atoms with E-state index in [9.17, 15) is 57.5 Å². The molecule has 12 rings (SSSR count). The number of aromatic amines is 3. The maximum Gasteiger partial charge on any atom is 0.425 e. The highest BCUT2D eigenvalue weighted by atomic mass is 79.9. The molecule has 2 aromatic carbocycles. The summed E-state index contributed by atoms with van der Waals surface area (Å²) in [6.45, 7) is 41.0. The molecule has 0 atom stereocenters. The molecule has 0 saturated carbocycles. The molecule has 40 heteroatoms. The van der Waals surface area contributed by atoms with Gasteiger partial charge in [-0.05, 0) is 311 Å². The summed E-state index contributed by atoms with van der Waals surface area (Å²) in [7, 11) is -1.71. The topological polar surface area (TPSA) is 515 Å². The van der Waals surface area contributed by atoms with Gasteiger partial charge in [0.05, 0.1) is 35.0 Å². The van der Waals surface area contributed by atoms with E-state index < -0.39 is 43.2 Å². The highest BCUT2D eigenvalue weighted by molar-refractivity contribution is 9.11. The third kappa shape index (κ3) is 46.1. The second kappa shape index (κ2) is 64.1. The van der Waals surface area contributed by atoms with Crippen LogP contribution < -0.4 is 65.4 Å². The van der Waals surface area contributed by atoms with Gasteiger partial charge in [-0.1, -0.05) is 110 Å². The first-order valence-electron chi connectivity index (χ1n) is 46.0. The van der Waals surface area contributed by atoms with Crippen molar-refractivity contribution in [3.05, 3.63) is 253 Å². The number of pyridine rings is 5. The monoisotopic (exact) mass is 2230 g/mol. The SMILES string of the molecule is C.C.C1CCOC1.CC(C)(C)OC(=O)N(C(=O)OC(C)(C)C)c1cc(N)ncn1.CCCCNCc1ccccc1.Cc1cc(Br)c(=O)[nH]c1C(=O)CCCCO.Cc1cc(Br)c(=O)[nH]c1C(=O)CCCCO[Si](C)(C)C(C)(C)C.Cc1cc(Br)c(=O)[nH]c1C(=O)O.Cc1cc(Br)c(=O)n2c1C(=O)CCCC2.Cc1cc(Nc2cc(N)ncn2)c(=O)n2c1C(=O)NCCC2.OCCCNCc1ccccc1. The number of aliphatic hydroxyl groups excluding tert-OH is 2. The average molecular weight is 2240 g/mol. The Labute approximate surface area is 861 Å². The maximum absolute atomic E-state index is 12.6. The summed E-state index contributed by atoms with van der Waals surface area (Å²) in [5.74, 6) is -0.518. The summed E-state index contributed by atoms with van der Waals surface area (Å²) >= 11 is 12.5. The van der Waals surface area contributed by atoms with Crippen molar-refractivity contribution in [1.82, 2.24) is 60.0 Å². The quantitative estimate of drug-likeness (QED) is 0.0136. The van der Waals surface area contributed by atoms with E-state index in [-0.39, 0.29) is 95.9 Å². The van der Waals surface area contributed by atoms with Crippen molar-refractivity contribution in [3.63, 3.8) is 0 Å². The maximum atomic E-state index is 12.6. The Morgan fingerprint density at radius 2 is 0.979 bits per heavy atom. The van der Waals surface area contributed by atoms with E-state index in [1.54, 1.807) is 91.1 Å². The fraction of sp³-hybridized carbons (Fsp3) is 0.485. The number of ether oxygens (including phenoxy) is 3. The molecule has 9 aromatic rings. The zero-order valence-electron chi connectivity index (χ0n) is 82.7. The Kier molecular flexibility index (Phi) is 57.4. The number of carboxylic acid groups (broad SMARTS) is 1. The van der Waals surface area contributed by atoms with Crippen LogP contribution in [0, 0.1) is 34.6 Å².